The summed E-state index contributed by atoms with van der Waals surface area (Å²) < 4.78 is 23.2. The van der Waals surface area contributed by atoms with Gasteiger partial charge in [-0.3, -0.25) is 4.79 Å². The van der Waals surface area contributed by atoms with Crippen LogP contribution in [0.1, 0.15) is 46.5 Å². The van der Waals surface area contributed by atoms with E-state index in [4.69, 9.17) is 18.9 Å². The molecule has 0 radical (unpaired) electrons. The second-order valence-corrected chi connectivity index (χ2v) is 11.0. The molecule has 2 aliphatic rings. The average molecular weight is 558 g/mol. The molecule has 4 N–H and O–H groups in total. The van der Waals surface area contributed by atoms with Gasteiger partial charge in [-0.15, -0.1) is 0 Å². The van der Waals surface area contributed by atoms with Gasteiger partial charge in [0.05, 0.1) is 43.0 Å². The van der Waals surface area contributed by atoms with Crippen LogP contribution in [0.4, 0.5) is 0 Å². The zero-order chi connectivity index (χ0) is 29.3. The van der Waals surface area contributed by atoms with Crippen LogP contribution >= 0.6 is 0 Å². The zero-order valence-electron chi connectivity index (χ0n) is 23.8. The van der Waals surface area contributed by atoms with Crippen LogP contribution in [0.15, 0.2) is 24.3 Å². The lowest BCUT2D eigenvalue weighted by molar-refractivity contribution is -0.309. The lowest BCUT2D eigenvalue weighted by Gasteiger charge is -2.46. The highest BCUT2D eigenvalue weighted by molar-refractivity contribution is 5.70. The topological polar surface area (TPSA) is 155 Å². The first kappa shape index (κ1) is 33.5. The van der Waals surface area contributed by atoms with Gasteiger partial charge in [0.1, 0.15) is 24.6 Å². The van der Waals surface area contributed by atoms with E-state index in [0.29, 0.717) is 6.42 Å². The van der Waals surface area contributed by atoms with Crippen molar-refractivity contribution >= 4 is 12.3 Å². The van der Waals surface area contributed by atoms with Gasteiger partial charge < -0.3 is 49.1 Å². The standard InChI is InChI=1S/C28H47NO10/c1-16-9-7-8-10-20(31)14-17(2)37-22(33)15-21(32)27(36-6)26(19(13-16)11-12-30)39-28-25(35)23(29(4)5)24(34)18(3)38-28/h7-10,12,16-21,23-28,31-32,34-35H,11,13-15H2,1-6H3/b9-7-,10-8-/t16-,17+,18+,19-,20+,21-,23-,24+,25+,26-,27+,28-/m0/s1. The first-order valence-electron chi connectivity index (χ1n) is 13.6. The van der Waals surface area contributed by atoms with Crippen molar-refractivity contribution in [3.05, 3.63) is 24.3 Å². The molecule has 0 unspecified atom stereocenters. The normalized spacial score (nSPS) is 43.0. The summed E-state index contributed by atoms with van der Waals surface area (Å²) in [5.41, 5.74) is 0. The molecule has 2 rings (SSSR count). The number of cyclic esters (lactones) is 1. The van der Waals surface area contributed by atoms with Gasteiger partial charge in [-0.2, -0.15) is 0 Å². The first-order valence-corrected chi connectivity index (χ1v) is 13.6. The van der Waals surface area contributed by atoms with Crippen LogP contribution in [0, 0.1) is 11.8 Å². The molecule has 2 aliphatic heterocycles. The molecule has 1 fully saturated rings. The maximum absolute atomic E-state index is 12.6. The average Bonchev–Trinajstić information content (AvgIpc) is 2.83. The van der Waals surface area contributed by atoms with E-state index in [2.05, 4.69) is 0 Å². The van der Waals surface area contributed by atoms with Gasteiger partial charge in [0.25, 0.3) is 0 Å². The number of hydrogen-bond donors (Lipinski definition) is 4. The van der Waals surface area contributed by atoms with Crippen molar-refractivity contribution in [2.45, 2.75) is 108 Å². The van der Waals surface area contributed by atoms with E-state index in [-0.39, 0.29) is 18.8 Å². The van der Waals surface area contributed by atoms with Crippen LogP contribution in [0.5, 0.6) is 0 Å². The van der Waals surface area contributed by atoms with Crippen LogP contribution < -0.4 is 0 Å². The molecule has 2 heterocycles. The van der Waals surface area contributed by atoms with E-state index < -0.39 is 79.5 Å². The van der Waals surface area contributed by atoms with Gasteiger partial charge in [-0.05, 0) is 46.2 Å². The Bertz CT molecular complexity index is 820. The van der Waals surface area contributed by atoms with Gasteiger partial charge in [-0.1, -0.05) is 31.2 Å². The van der Waals surface area contributed by atoms with Crippen molar-refractivity contribution in [3.8, 4) is 0 Å². The maximum atomic E-state index is 12.6. The molecule has 0 amide bonds. The van der Waals surface area contributed by atoms with Gasteiger partial charge in [0.2, 0.25) is 0 Å². The molecule has 1 saturated heterocycles. The fourth-order valence-electron chi connectivity index (χ4n) is 5.38. The minimum absolute atomic E-state index is 0.0400. The number of hydrogen-bond acceptors (Lipinski definition) is 11. The second-order valence-electron chi connectivity index (χ2n) is 11.0. The number of aliphatic hydroxyl groups is 4. The van der Waals surface area contributed by atoms with Crippen molar-refractivity contribution in [1.29, 1.82) is 0 Å². The fourth-order valence-corrected chi connectivity index (χ4v) is 5.38. The third-order valence-electron chi connectivity index (χ3n) is 7.38. The Morgan fingerprint density at radius 2 is 1.69 bits per heavy atom. The predicted octanol–water partition coefficient (Wildman–Crippen LogP) is 0.575. The first-order chi connectivity index (χ1) is 18.4. The summed E-state index contributed by atoms with van der Waals surface area (Å²) in [6, 6.07) is -0.694. The smallest absolute Gasteiger partial charge is 0.308 e. The molecule has 0 aromatic carbocycles. The maximum Gasteiger partial charge on any atom is 0.308 e. The Morgan fingerprint density at radius 1 is 1.03 bits per heavy atom. The quantitative estimate of drug-likeness (QED) is 0.268. The number of methoxy groups -OCH3 is 1. The summed E-state index contributed by atoms with van der Waals surface area (Å²) in [6.45, 7) is 5.28. The molecule has 0 saturated carbocycles. The van der Waals surface area contributed by atoms with E-state index in [1.54, 1.807) is 51.1 Å². The Labute approximate surface area is 231 Å². The number of carbonyl (C=O) groups excluding carboxylic acids is 2. The predicted molar refractivity (Wildman–Crippen MR) is 143 cm³/mol. The molecule has 11 nitrogen and oxygen atoms in total. The highest BCUT2D eigenvalue weighted by atomic mass is 16.7. The molecule has 12 atom stereocenters. The van der Waals surface area contributed by atoms with E-state index >= 15 is 0 Å². The number of carbonyl (C=O) groups is 2. The van der Waals surface area contributed by atoms with Crippen molar-refractivity contribution in [2.75, 3.05) is 21.2 Å². The largest absolute Gasteiger partial charge is 0.462 e. The minimum atomic E-state index is -1.37. The molecule has 0 spiro atoms. The highest BCUT2D eigenvalue weighted by Gasteiger charge is 2.47. The van der Waals surface area contributed by atoms with E-state index in [9.17, 15) is 30.0 Å². The SMILES string of the molecule is CO[C@H]1[C@@H](O[C@@H]2O[C@H](C)[C@@H](O)[C@H](N(C)C)[C@H]2O)[C@@H](CC=O)C[C@@H](C)/C=C\C=C/[C@@H](O)C[C@@H](C)OC(=O)C[C@@H]1O. The van der Waals surface area contributed by atoms with E-state index in [1.165, 1.54) is 7.11 Å². The van der Waals surface area contributed by atoms with Crippen molar-refractivity contribution in [3.63, 3.8) is 0 Å². The molecular formula is C28H47NO10. The number of rotatable bonds is 6. The van der Waals surface area contributed by atoms with Crippen LogP contribution in [-0.4, -0.2) is 120 Å². The summed E-state index contributed by atoms with van der Waals surface area (Å²) >= 11 is 0. The number of aldehydes is 1. The molecule has 0 aromatic rings. The Hall–Kier alpha value is -1.70. The van der Waals surface area contributed by atoms with Crippen molar-refractivity contribution in [1.82, 2.24) is 4.90 Å². The molecule has 0 aliphatic carbocycles. The number of esters is 1. The Kier molecular flexibility index (Phi) is 13.7. The van der Waals surface area contributed by atoms with Gasteiger partial charge in [0, 0.05) is 20.0 Å². The van der Waals surface area contributed by atoms with E-state index in [0.717, 1.165) is 6.29 Å². The third kappa shape index (κ3) is 9.72. The fraction of sp³-hybridized carbons (Fsp3) is 0.786. The zero-order valence-corrected chi connectivity index (χ0v) is 23.8. The summed E-state index contributed by atoms with van der Waals surface area (Å²) in [5.74, 6) is -1.21. The Morgan fingerprint density at radius 3 is 2.31 bits per heavy atom. The van der Waals surface area contributed by atoms with Gasteiger partial charge >= 0.3 is 5.97 Å². The van der Waals surface area contributed by atoms with Gasteiger partial charge in [0.15, 0.2) is 6.29 Å². The third-order valence-corrected chi connectivity index (χ3v) is 7.38. The number of nitrogens with zero attached hydrogens (tertiary/aromatic N) is 1. The number of ether oxygens (including phenoxy) is 4. The van der Waals surface area contributed by atoms with Crippen LogP contribution in [0.3, 0.4) is 0 Å². The molecule has 0 aromatic heterocycles. The van der Waals surface area contributed by atoms with Crippen molar-refractivity contribution in [2.24, 2.45) is 11.8 Å². The minimum Gasteiger partial charge on any atom is -0.462 e. The number of allylic oxidation sites excluding steroid dienone is 3. The Balaban J connectivity index is 2.46. The second kappa shape index (κ2) is 15.9. The summed E-state index contributed by atoms with van der Waals surface area (Å²) in [5, 5.41) is 43.0. The monoisotopic (exact) mass is 557 g/mol. The van der Waals surface area contributed by atoms with Crippen molar-refractivity contribution < 1.29 is 49.0 Å². The number of likely N-dealkylation sites (N-methyl/N-ethyl adjacent to an activating group) is 1. The van der Waals surface area contributed by atoms with Crippen LogP contribution in [0.25, 0.3) is 0 Å². The number of aliphatic hydroxyl groups excluding tert-OH is 4. The highest BCUT2D eigenvalue weighted by Crippen LogP contribution is 2.32. The molecule has 11 heteroatoms. The molecule has 39 heavy (non-hydrogen) atoms. The van der Waals surface area contributed by atoms with E-state index in [1.807, 2.05) is 13.0 Å². The van der Waals surface area contributed by atoms with Gasteiger partial charge in [-0.25, -0.2) is 0 Å². The summed E-state index contributed by atoms with van der Waals surface area (Å²) in [4.78, 5) is 26.1. The van der Waals surface area contributed by atoms with Crippen LogP contribution in [-0.2, 0) is 28.5 Å². The summed E-state index contributed by atoms with van der Waals surface area (Å²) in [7, 11) is 4.82. The van der Waals surface area contributed by atoms with Crippen LogP contribution in [0.2, 0.25) is 0 Å². The molecule has 0 bridgehead atoms. The molecular weight excluding hydrogens is 510 g/mol. The molecule has 224 valence electrons. The summed E-state index contributed by atoms with van der Waals surface area (Å²) in [6.07, 6.45) is -0.852. The lowest BCUT2D eigenvalue weighted by atomic mass is 9.84. The lowest BCUT2D eigenvalue weighted by Crippen LogP contribution is -2.63.